The molecule has 7 nitrogen and oxygen atoms in total. The van der Waals surface area contributed by atoms with Gasteiger partial charge in [0.25, 0.3) is 5.69 Å². The van der Waals surface area contributed by atoms with E-state index in [1.54, 1.807) is 0 Å². The summed E-state index contributed by atoms with van der Waals surface area (Å²) in [6.45, 7) is 4.02. The summed E-state index contributed by atoms with van der Waals surface area (Å²) in [7, 11) is 0. The van der Waals surface area contributed by atoms with E-state index in [4.69, 9.17) is 4.42 Å². The Morgan fingerprint density at radius 1 is 1.50 bits per heavy atom. The molecule has 18 heavy (non-hydrogen) atoms. The predicted octanol–water partition coefficient (Wildman–Crippen LogP) is 2.21. The number of nitrogens with zero attached hydrogens (tertiary/aromatic N) is 3. The Morgan fingerprint density at radius 2 is 2.28 bits per heavy atom. The number of rotatable bonds is 4. The lowest BCUT2D eigenvalue weighted by molar-refractivity contribution is -0.384. The van der Waals surface area contributed by atoms with Crippen molar-refractivity contribution in [3.8, 4) is 0 Å². The molecule has 2 aromatic heterocycles. The first-order valence-corrected chi connectivity index (χ1v) is 5.33. The molecule has 7 heteroatoms. The largest absolute Gasteiger partial charge is 0.444 e. The SMILES string of the molecule is Cc1nc(CNc2cc([N+](=O)[O-])ccn2)oc1C. The van der Waals surface area contributed by atoms with Crippen molar-refractivity contribution in [2.24, 2.45) is 0 Å². The summed E-state index contributed by atoms with van der Waals surface area (Å²) < 4.78 is 5.38. The van der Waals surface area contributed by atoms with Crippen LogP contribution in [0.5, 0.6) is 0 Å². The third-order valence-electron chi connectivity index (χ3n) is 2.45. The van der Waals surface area contributed by atoms with Crippen LogP contribution in [0.25, 0.3) is 0 Å². The van der Waals surface area contributed by atoms with Crippen LogP contribution < -0.4 is 5.32 Å². The Morgan fingerprint density at radius 3 is 2.89 bits per heavy atom. The molecule has 94 valence electrons. The molecule has 0 bridgehead atoms. The Kier molecular flexibility index (Phi) is 3.22. The minimum atomic E-state index is -0.466. The highest BCUT2D eigenvalue weighted by Crippen LogP contribution is 2.15. The number of nitro groups is 1. The van der Waals surface area contributed by atoms with Crippen LogP contribution in [0.3, 0.4) is 0 Å². The van der Waals surface area contributed by atoms with E-state index in [9.17, 15) is 10.1 Å². The van der Waals surface area contributed by atoms with Crippen molar-refractivity contribution in [3.63, 3.8) is 0 Å². The second-order valence-corrected chi connectivity index (χ2v) is 3.76. The van der Waals surface area contributed by atoms with E-state index in [1.807, 2.05) is 13.8 Å². The number of hydrogen-bond acceptors (Lipinski definition) is 6. The summed E-state index contributed by atoms with van der Waals surface area (Å²) in [5, 5.41) is 13.5. The van der Waals surface area contributed by atoms with Crippen molar-refractivity contribution in [2.45, 2.75) is 20.4 Å². The van der Waals surface area contributed by atoms with Crippen LogP contribution in [-0.2, 0) is 6.54 Å². The van der Waals surface area contributed by atoms with Crippen LogP contribution in [0.4, 0.5) is 11.5 Å². The lowest BCUT2D eigenvalue weighted by Crippen LogP contribution is -2.02. The second-order valence-electron chi connectivity index (χ2n) is 3.76. The summed E-state index contributed by atoms with van der Waals surface area (Å²) in [4.78, 5) is 18.3. The Bertz CT molecular complexity index is 560. The smallest absolute Gasteiger partial charge is 0.274 e. The van der Waals surface area contributed by atoms with Crippen molar-refractivity contribution in [3.05, 3.63) is 45.8 Å². The normalized spacial score (nSPS) is 10.3. The van der Waals surface area contributed by atoms with E-state index in [0.717, 1.165) is 11.5 Å². The maximum atomic E-state index is 10.6. The van der Waals surface area contributed by atoms with Gasteiger partial charge < -0.3 is 9.73 Å². The van der Waals surface area contributed by atoms with Crippen molar-refractivity contribution in [1.29, 1.82) is 0 Å². The van der Waals surface area contributed by atoms with Crippen LogP contribution >= 0.6 is 0 Å². The molecular weight excluding hydrogens is 236 g/mol. The molecule has 0 atom stereocenters. The monoisotopic (exact) mass is 248 g/mol. The molecule has 1 N–H and O–H groups in total. The summed E-state index contributed by atoms with van der Waals surface area (Å²) >= 11 is 0. The third kappa shape index (κ3) is 2.62. The average Bonchev–Trinajstić information content (AvgIpc) is 2.67. The molecule has 0 aliphatic carbocycles. The van der Waals surface area contributed by atoms with Crippen LogP contribution in [0.1, 0.15) is 17.3 Å². The minimum Gasteiger partial charge on any atom is -0.444 e. The van der Waals surface area contributed by atoms with Gasteiger partial charge >= 0.3 is 0 Å². The van der Waals surface area contributed by atoms with Gasteiger partial charge in [-0.1, -0.05) is 0 Å². The van der Waals surface area contributed by atoms with Gasteiger partial charge in [-0.3, -0.25) is 10.1 Å². The van der Waals surface area contributed by atoms with Crippen LogP contribution in [0.15, 0.2) is 22.7 Å². The Balaban J connectivity index is 2.06. The van der Waals surface area contributed by atoms with E-state index in [0.29, 0.717) is 18.3 Å². The zero-order chi connectivity index (χ0) is 13.1. The maximum absolute atomic E-state index is 10.6. The predicted molar refractivity (Wildman–Crippen MR) is 64.2 cm³/mol. The minimum absolute atomic E-state index is 0.00716. The van der Waals surface area contributed by atoms with Crippen LogP contribution in [0.2, 0.25) is 0 Å². The Labute approximate surface area is 103 Å². The van der Waals surface area contributed by atoms with Gasteiger partial charge in [-0.2, -0.15) is 0 Å². The second kappa shape index (κ2) is 4.82. The summed E-state index contributed by atoms with van der Waals surface area (Å²) in [5.41, 5.74) is 0.825. The molecule has 0 spiro atoms. The molecule has 0 unspecified atom stereocenters. The van der Waals surface area contributed by atoms with Crippen LogP contribution in [-0.4, -0.2) is 14.9 Å². The van der Waals surface area contributed by atoms with Crippen molar-refractivity contribution in [2.75, 3.05) is 5.32 Å². The van der Waals surface area contributed by atoms with E-state index in [1.165, 1.54) is 18.3 Å². The highest BCUT2D eigenvalue weighted by Gasteiger charge is 2.08. The first kappa shape index (κ1) is 12.0. The lowest BCUT2D eigenvalue weighted by atomic mass is 10.4. The first-order valence-electron chi connectivity index (χ1n) is 5.33. The third-order valence-corrected chi connectivity index (χ3v) is 2.45. The fraction of sp³-hybridized carbons (Fsp3) is 0.273. The molecule has 2 heterocycles. The molecule has 0 aromatic carbocycles. The number of aromatic nitrogens is 2. The van der Waals surface area contributed by atoms with Gasteiger partial charge in [0.15, 0.2) is 0 Å². The van der Waals surface area contributed by atoms with Gasteiger partial charge in [-0.05, 0) is 13.8 Å². The molecule has 0 amide bonds. The van der Waals surface area contributed by atoms with Gasteiger partial charge in [0, 0.05) is 12.3 Å². The van der Waals surface area contributed by atoms with E-state index < -0.39 is 4.92 Å². The zero-order valence-electron chi connectivity index (χ0n) is 10.0. The van der Waals surface area contributed by atoms with Gasteiger partial charge in [0.2, 0.25) is 5.89 Å². The average molecular weight is 248 g/mol. The quantitative estimate of drug-likeness (QED) is 0.658. The van der Waals surface area contributed by atoms with E-state index in [-0.39, 0.29) is 5.69 Å². The first-order chi connectivity index (χ1) is 8.56. The van der Waals surface area contributed by atoms with E-state index in [2.05, 4.69) is 15.3 Å². The molecule has 0 aliphatic heterocycles. The topological polar surface area (TPSA) is 94.1 Å². The lowest BCUT2D eigenvalue weighted by Gasteiger charge is -2.01. The van der Waals surface area contributed by atoms with Crippen molar-refractivity contribution in [1.82, 2.24) is 9.97 Å². The number of pyridine rings is 1. The summed E-state index contributed by atoms with van der Waals surface area (Å²) in [5.74, 6) is 1.70. The van der Waals surface area contributed by atoms with Gasteiger partial charge in [-0.25, -0.2) is 9.97 Å². The van der Waals surface area contributed by atoms with Gasteiger partial charge in [0.05, 0.1) is 23.2 Å². The number of hydrogen-bond donors (Lipinski definition) is 1. The molecule has 0 fully saturated rings. The summed E-state index contributed by atoms with van der Waals surface area (Å²) in [6.07, 6.45) is 1.38. The molecule has 0 radical (unpaired) electrons. The number of anilines is 1. The fourth-order valence-electron chi connectivity index (χ4n) is 1.41. The molecule has 2 aromatic rings. The highest BCUT2D eigenvalue weighted by molar-refractivity contribution is 5.44. The number of nitrogens with one attached hydrogen (secondary N) is 1. The highest BCUT2D eigenvalue weighted by atomic mass is 16.6. The molecule has 0 saturated carbocycles. The van der Waals surface area contributed by atoms with Gasteiger partial charge in [0.1, 0.15) is 11.6 Å². The van der Waals surface area contributed by atoms with Crippen molar-refractivity contribution >= 4 is 11.5 Å². The molecule has 0 aliphatic rings. The maximum Gasteiger partial charge on any atom is 0.274 e. The fourth-order valence-corrected chi connectivity index (χ4v) is 1.41. The molecular formula is C11H12N4O3. The molecule has 0 saturated heterocycles. The van der Waals surface area contributed by atoms with E-state index >= 15 is 0 Å². The number of aryl methyl sites for hydroxylation is 2. The summed E-state index contributed by atoms with van der Waals surface area (Å²) in [6, 6.07) is 2.70. The number of oxazole rings is 1. The van der Waals surface area contributed by atoms with Crippen LogP contribution in [0, 0.1) is 24.0 Å². The Hall–Kier alpha value is -2.44. The molecule has 2 rings (SSSR count). The zero-order valence-corrected chi connectivity index (χ0v) is 10.0. The van der Waals surface area contributed by atoms with Crippen molar-refractivity contribution < 1.29 is 9.34 Å². The standard InChI is InChI=1S/C11H12N4O3/c1-7-8(2)18-11(14-7)6-13-10-5-9(15(16)17)3-4-12-10/h3-5H,6H2,1-2H3,(H,12,13). The van der Waals surface area contributed by atoms with Gasteiger partial charge in [-0.15, -0.1) is 0 Å².